The monoisotopic (exact) mass is 363 g/mol. The number of aliphatic carboxylic acids is 1. The van der Waals surface area contributed by atoms with E-state index < -0.39 is 17.6 Å². The Hall–Kier alpha value is -1.96. The number of carboxylic acid groups (broad SMARTS) is 1. The van der Waals surface area contributed by atoms with Crippen molar-refractivity contribution in [1.29, 1.82) is 0 Å². The summed E-state index contributed by atoms with van der Waals surface area (Å²) in [6, 6.07) is -0.582. The minimum absolute atomic E-state index is 0.0360. The lowest BCUT2D eigenvalue weighted by molar-refractivity contribution is -0.139. The number of nitrogens with zero attached hydrogens (tertiary/aromatic N) is 3. The molecule has 0 radical (unpaired) electrons. The van der Waals surface area contributed by atoms with E-state index in [2.05, 4.69) is 20.9 Å². The maximum atomic E-state index is 12.4. The Balaban J connectivity index is 1.58. The van der Waals surface area contributed by atoms with Gasteiger partial charge in [0.15, 0.2) is 0 Å². The van der Waals surface area contributed by atoms with Crippen LogP contribution < -0.4 is 10.6 Å². The molecule has 1 aliphatic heterocycles. The molecule has 1 saturated heterocycles. The van der Waals surface area contributed by atoms with E-state index in [0.717, 1.165) is 12.8 Å². The second kappa shape index (κ2) is 7.73. The Labute approximate surface area is 153 Å². The van der Waals surface area contributed by atoms with E-state index in [1.165, 1.54) is 19.3 Å². The molecule has 0 spiro atoms. The van der Waals surface area contributed by atoms with Gasteiger partial charge in [0.2, 0.25) is 5.91 Å². The van der Waals surface area contributed by atoms with Crippen LogP contribution in [0.4, 0.5) is 0 Å². The van der Waals surface area contributed by atoms with Gasteiger partial charge in [0.25, 0.3) is 0 Å². The van der Waals surface area contributed by atoms with E-state index in [1.54, 1.807) is 4.68 Å². The summed E-state index contributed by atoms with van der Waals surface area (Å²) in [5, 5.41) is 23.5. The number of amides is 1. The predicted molar refractivity (Wildman–Crippen MR) is 95.5 cm³/mol. The van der Waals surface area contributed by atoms with Gasteiger partial charge in [0.05, 0.1) is 17.8 Å². The fourth-order valence-electron chi connectivity index (χ4n) is 3.97. The molecule has 3 rings (SSSR count). The molecule has 2 atom stereocenters. The third kappa shape index (κ3) is 4.41. The normalized spacial score (nSPS) is 24.5. The maximum absolute atomic E-state index is 12.4. The first-order chi connectivity index (χ1) is 12.3. The minimum atomic E-state index is -0.844. The second-order valence-corrected chi connectivity index (χ2v) is 8.15. The molecule has 0 aromatic carbocycles. The molecule has 2 fully saturated rings. The number of nitrogens with one attached hydrogen (secondary N) is 2. The molecule has 26 heavy (non-hydrogen) atoms. The average Bonchev–Trinajstić information content (AvgIpc) is 3.25. The lowest BCUT2D eigenvalue weighted by Crippen LogP contribution is -2.42. The van der Waals surface area contributed by atoms with Crippen LogP contribution in [0.25, 0.3) is 0 Å². The van der Waals surface area contributed by atoms with Gasteiger partial charge in [0, 0.05) is 13.0 Å². The second-order valence-electron chi connectivity index (χ2n) is 8.15. The van der Waals surface area contributed by atoms with Crippen molar-refractivity contribution in [2.75, 3.05) is 6.54 Å². The molecule has 144 valence electrons. The largest absolute Gasteiger partial charge is 0.480 e. The Morgan fingerprint density at radius 2 is 2.08 bits per heavy atom. The lowest BCUT2D eigenvalue weighted by Gasteiger charge is -2.26. The van der Waals surface area contributed by atoms with Gasteiger partial charge in [-0.2, -0.15) is 0 Å². The van der Waals surface area contributed by atoms with E-state index in [4.69, 9.17) is 5.11 Å². The minimum Gasteiger partial charge on any atom is -0.480 e. The number of aromatic nitrogens is 3. The number of hydrogen-bond donors (Lipinski definition) is 3. The van der Waals surface area contributed by atoms with Crippen LogP contribution in [0.5, 0.6) is 0 Å². The summed E-state index contributed by atoms with van der Waals surface area (Å²) in [6.45, 7) is 4.40. The van der Waals surface area contributed by atoms with Gasteiger partial charge in [-0.05, 0) is 39.0 Å². The number of carbonyl (C=O) groups excluding carboxylic acids is 1. The van der Waals surface area contributed by atoms with Crippen molar-refractivity contribution in [3.8, 4) is 0 Å². The van der Waals surface area contributed by atoms with E-state index in [9.17, 15) is 9.59 Å². The number of carbonyl (C=O) groups is 2. The van der Waals surface area contributed by atoms with Crippen molar-refractivity contribution < 1.29 is 14.7 Å². The third-order valence-corrected chi connectivity index (χ3v) is 5.58. The molecular formula is C18H29N5O3. The first kappa shape index (κ1) is 18.8. The summed E-state index contributed by atoms with van der Waals surface area (Å²) in [4.78, 5) is 23.5. The van der Waals surface area contributed by atoms with Crippen molar-refractivity contribution in [3.05, 3.63) is 11.9 Å². The van der Waals surface area contributed by atoms with E-state index in [0.29, 0.717) is 31.0 Å². The molecule has 2 heterocycles. The van der Waals surface area contributed by atoms with Crippen LogP contribution in [0.2, 0.25) is 0 Å². The van der Waals surface area contributed by atoms with Crippen molar-refractivity contribution in [2.24, 2.45) is 5.92 Å². The van der Waals surface area contributed by atoms with Crippen molar-refractivity contribution >= 4 is 11.9 Å². The molecular weight excluding hydrogens is 334 g/mol. The van der Waals surface area contributed by atoms with Crippen LogP contribution in [0.15, 0.2) is 6.20 Å². The quantitative estimate of drug-likeness (QED) is 0.708. The highest BCUT2D eigenvalue weighted by Crippen LogP contribution is 2.27. The summed E-state index contributed by atoms with van der Waals surface area (Å²) in [6.07, 6.45) is 8.89. The van der Waals surface area contributed by atoms with Crippen molar-refractivity contribution in [1.82, 2.24) is 25.6 Å². The molecule has 1 amide bonds. The lowest BCUT2D eigenvalue weighted by atomic mass is 9.86. The van der Waals surface area contributed by atoms with Crippen LogP contribution in [0.1, 0.15) is 70.5 Å². The van der Waals surface area contributed by atoms with Gasteiger partial charge in [-0.15, -0.1) is 5.10 Å². The topological polar surface area (TPSA) is 109 Å². The highest BCUT2D eigenvalue weighted by Gasteiger charge is 2.33. The maximum Gasteiger partial charge on any atom is 0.320 e. The van der Waals surface area contributed by atoms with Crippen molar-refractivity contribution in [2.45, 2.75) is 76.4 Å². The van der Waals surface area contributed by atoms with Crippen LogP contribution in [-0.2, 0) is 15.1 Å². The molecule has 0 bridgehead atoms. The Bertz CT molecular complexity index is 651. The molecule has 8 nitrogen and oxygen atoms in total. The fraction of sp³-hybridized carbons (Fsp3) is 0.778. The van der Waals surface area contributed by atoms with Crippen LogP contribution in [0, 0.1) is 5.92 Å². The molecule has 3 N–H and O–H groups in total. The summed E-state index contributed by atoms with van der Waals surface area (Å²) in [5.41, 5.74) is 0.0793. The van der Waals surface area contributed by atoms with Crippen LogP contribution in [-0.4, -0.2) is 44.6 Å². The van der Waals surface area contributed by atoms with Gasteiger partial charge in [-0.1, -0.05) is 24.5 Å². The highest BCUT2D eigenvalue weighted by atomic mass is 16.4. The molecule has 2 aliphatic rings. The van der Waals surface area contributed by atoms with Gasteiger partial charge < -0.3 is 15.7 Å². The molecule has 1 aromatic heterocycles. The number of carboxylic acids is 1. The summed E-state index contributed by atoms with van der Waals surface area (Å²) < 4.78 is 1.71. The SMILES string of the molecule is CC(C)(NC(=O)CC1CCCCC1)c1cn([C@@H]2CN[C@H](C(=O)O)C2)nn1. The van der Waals surface area contributed by atoms with Gasteiger partial charge in [-0.25, -0.2) is 4.68 Å². The molecule has 8 heteroatoms. The van der Waals surface area contributed by atoms with E-state index in [-0.39, 0.29) is 11.9 Å². The predicted octanol–water partition coefficient (Wildman–Crippen LogP) is 1.59. The summed E-state index contributed by atoms with van der Waals surface area (Å²) in [5.74, 6) is -0.291. The van der Waals surface area contributed by atoms with Crippen molar-refractivity contribution in [3.63, 3.8) is 0 Å². The molecule has 1 aromatic rings. The Kier molecular flexibility index (Phi) is 5.60. The zero-order valence-corrected chi connectivity index (χ0v) is 15.6. The first-order valence-corrected chi connectivity index (χ1v) is 9.54. The third-order valence-electron chi connectivity index (χ3n) is 5.58. The molecule has 1 aliphatic carbocycles. The zero-order chi connectivity index (χ0) is 18.7. The molecule has 0 unspecified atom stereocenters. The van der Waals surface area contributed by atoms with E-state index in [1.807, 2.05) is 20.0 Å². The molecule has 1 saturated carbocycles. The average molecular weight is 363 g/mol. The summed E-state index contributed by atoms with van der Waals surface area (Å²) >= 11 is 0. The van der Waals surface area contributed by atoms with E-state index >= 15 is 0 Å². The van der Waals surface area contributed by atoms with Gasteiger partial charge >= 0.3 is 5.97 Å². The zero-order valence-electron chi connectivity index (χ0n) is 15.6. The summed E-state index contributed by atoms with van der Waals surface area (Å²) in [7, 11) is 0. The van der Waals surface area contributed by atoms with Crippen LogP contribution in [0.3, 0.4) is 0 Å². The fourth-order valence-corrected chi connectivity index (χ4v) is 3.97. The highest BCUT2D eigenvalue weighted by molar-refractivity contribution is 5.77. The smallest absolute Gasteiger partial charge is 0.320 e. The number of hydrogen-bond acceptors (Lipinski definition) is 5. The van der Waals surface area contributed by atoms with Gasteiger partial charge in [0.1, 0.15) is 11.7 Å². The standard InChI is InChI=1S/C18H29N5O3/c1-18(2,20-16(24)8-12-6-4-3-5-7-12)15-11-23(22-21-15)13-9-14(17(25)26)19-10-13/h11-14,19H,3-10H2,1-2H3,(H,20,24)(H,25,26)/t13-,14-/m0/s1. The Morgan fingerprint density at radius 1 is 1.35 bits per heavy atom. The Morgan fingerprint density at radius 3 is 2.73 bits per heavy atom. The van der Waals surface area contributed by atoms with Gasteiger partial charge in [-0.3, -0.25) is 9.59 Å². The first-order valence-electron chi connectivity index (χ1n) is 9.54. The van der Waals surface area contributed by atoms with Crippen LogP contribution >= 0.6 is 0 Å². The number of rotatable bonds is 6.